The van der Waals surface area contributed by atoms with Crippen molar-refractivity contribution in [1.82, 2.24) is 4.98 Å². The second kappa shape index (κ2) is 5.35. The van der Waals surface area contributed by atoms with Gasteiger partial charge in [-0.25, -0.2) is 0 Å². The summed E-state index contributed by atoms with van der Waals surface area (Å²) < 4.78 is 0.892. The molecule has 2 heterocycles. The molecule has 4 nitrogen and oxygen atoms in total. The Hall–Kier alpha value is -2.11. The van der Waals surface area contributed by atoms with Gasteiger partial charge in [-0.2, -0.15) is 0 Å². The Morgan fingerprint density at radius 3 is 2.95 bits per heavy atom. The van der Waals surface area contributed by atoms with Gasteiger partial charge in [0, 0.05) is 16.9 Å². The topological polar surface area (TPSA) is 68.0 Å². The Kier molecular flexibility index (Phi) is 3.53. The number of nitrogens with one attached hydrogen (secondary N) is 1. The summed E-state index contributed by atoms with van der Waals surface area (Å²) in [5, 5.41) is 3.42. The number of nitrogens with two attached hydrogens (primary N) is 1. The predicted molar refractivity (Wildman–Crippen MR) is 88.2 cm³/mol. The van der Waals surface area contributed by atoms with Gasteiger partial charge in [0.2, 0.25) is 0 Å². The van der Waals surface area contributed by atoms with Gasteiger partial charge in [0.25, 0.3) is 5.91 Å². The number of nitrogen functional groups attached to an aromatic ring is 1. The fourth-order valence-corrected chi connectivity index (χ4v) is 3.17. The molecule has 1 aromatic carbocycles. The summed E-state index contributed by atoms with van der Waals surface area (Å²) in [6.45, 7) is 1.90. The van der Waals surface area contributed by atoms with Gasteiger partial charge in [0.15, 0.2) is 0 Å². The summed E-state index contributed by atoms with van der Waals surface area (Å²) in [5.41, 5.74) is 8.71. The van der Waals surface area contributed by atoms with E-state index in [1.165, 1.54) is 11.3 Å². The Labute approximate surface area is 130 Å². The minimum Gasteiger partial charge on any atom is -0.396 e. The molecule has 0 radical (unpaired) electrons. The molecule has 106 valence electrons. The molecule has 0 saturated heterocycles. The number of benzene rings is 1. The van der Waals surface area contributed by atoms with E-state index >= 15 is 0 Å². The van der Waals surface area contributed by atoms with Crippen LogP contribution >= 0.6 is 22.9 Å². The van der Waals surface area contributed by atoms with Crippen LogP contribution in [0, 0.1) is 6.92 Å². The molecule has 2 aromatic heterocycles. The van der Waals surface area contributed by atoms with E-state index in [9.17, 15) is 4.79 Å². The van der Waals surface area contributed by atoms with Gasteiger partial charge in [-0.3, -0.25) is 9.78 Å². The van der Waals surface area contributed by atoms with E-state index in [4.69, 9.17) is 17.3 Å². The lowest BCUT2D eigenvalue weighted by molar-refractivity contribution is 0.103. The van der Waals surface area contributed by atoms with E-state index in [1.54, 1.807) is 18.3 Å². The molecular formula is C15H12ClN3OS. The number of anilines is 2. The van der Waals surface area contributed by atoms with Crippen LogP contribution in [0.25, 0.3) is 10.2 Å². The van der Waals surface area contributed by atoms with Crippen molar-refractivity contribution in [2.75, 3.05) is 11.1 Å². The summed E-state index contributed by atoms with van der Waals surface area (Å²) in [4.78, 5) is 17.1. The van der Waals surface area contributed by atoms with Gasteiger partial charge in [0.1, 0.15) is 10.4 Å². The predicted octanol–water partition coefficient (Wildman–Crippen LogP) is 4.09. The summed E-state index contributed by atoms with van der Waals surface area (Å²) in [6, 6.07) is 9.07. The molecule has 3 rings (SSSR count). The van der Waals surface area contributed by atoms with Crippen molar-refractivity contribution in [2.24, 2.45) is 0 Å². The van der Waals surface area contributed by atoms with Gasteiger partial charge in [-0.05, 0) is 36.8 Å². The summed E-state index contributed by atoms with van der Waals surface area (Å²) in [5.74, 6) is -0.249. The van der Waals surface area contributed by atoms with Crippen LogP contribution in [0.15, 0.2) is 36.5 Å². The van der Waals surface area contributed by atoms with E-state index in [0.29, 0.717) is 26.8 Å². The third kappa shape index (κ3) is 2.57. The minimum atomic E-state index is -0.249. The number of carbonyl (C=O) groups excluding carboxylic acids is 1. The Morgan fingerprint density at radius 1 is 1.38 bits per heavy atom. The van der Waals surface area contributed by atoms with Crippen LogP contribution in [0.1, 0.15) is 15.2 Å². The first-order valence-corrected chi connectivity index (χ1v) is 7.46. The van der Waals surface area contributed by atoms with Crippen molar-refractivity contribution in [2.45, 2.75) is 6.92 Å². The maximum absolute atomic E-state index is 12.4. The smallest absolute Gasteiger partial charge is 0.267 e. The van der Waals surface area contributed by atoms with E-state index in [2.05, 4.69) is 10.3 Å². The fraction of sp³-hybridized carbons (Fsp3) is 0.0667. The second-order valence-corrected chi connectivity index (χ2v) is 6.10. The van der Waals surface area contributed by atoms with Gasteiger partial charge < -0.3 is 11.1 Å². The van der Waals surface area contributed by atoms with Crippen molar-refractivity contribution < 1.29 is 4.79 Å². The quantitative estimate of drug-likeness (QED) is 0.748. The first-order valence-electron chi connectivity index (χ1n) is 6.27. The highest BCUT2D eigenvalue weighted by Crippen LogP contribution is 2.32. The van der Waals surface area contributed by atoms with Crippen molar-refractivity contribution in [3.63, 3.8) is 0 Å². The summed E-state index contributed by atoms with van der Waals surface area (Å²) >= 11 is 7.29. The molecule has 0 unspecified atom stereocenters. The highest BCUT2D eigenvalue weighted by atomic mass is 35.5. The lowest BCUT2D eigenvalue weighted by Crippen LogP contribution is -2.12. The molecule has 3 aromatic rings. The van der Waals surface area contributed by atoms with Gasteiger partial charge in [-0.15, -0.1) is 11.3 Å². The molecule has 0 aliphatic carbocycles. The standard InChI is InChI=1S/C15H12ClN3OS/c1-8-4-5-9(16)7-10(8)19-15(20)14-12(17)13-11(21-14)3-2-6-18-13/h2-7H,17H2,1H3,(H,19,20). The van der Waals surface area contributed by atoms with Crippen LogP contribution in [0.4, 0.5) is 11.4 Å². The molecule has 3 N–H and O–H groups in total. The zero-order valence-electron chi connectivity index (χ0n) is 11.2. The number of halogens is 1. The monoisotopic (exact) mass is 317 g/mol. The largest absolute Gasteiger partial charge is 0.396 e. The van der Waals surface area contributed by atoms with Gasteiger partial charge in [-0.1, -0.05) is 17.7 Å². The molecule has 0 atom stereocenters. The molecular weight excluding hydrogens is 306 g/mol. The minimum absolute atomic E-state index is 0.249. The zero-order chi connectivity index (χ0) is 15.0. The highest BCUT2D eigenvalue weighted by molar-refractivity contribution is 7.21. The molecule has 21 heavy (non-hydrogen) atoms. The Morgan fingerprint density at radius 2 is 2.19 bits per heavy atom. The first kappa shape index (κ1) is 13.9. The number of amides is 1. The third-order valence-electron chi connectivity index (χ3n) is 3.14. The van der Waals surface area contributed by atoms with Crippen LogP contribution in [-0.4, -0.2) is 10.9 Å². The number of nitrogens with zero attached hydrogens (tertiary/aromatic N) is 1. The number of aromatic nitrogens is 1. The van der Waals surface area contributed by atoms with E-state index in [0.717, 1.165) is 10.3 Å². The maximum atomic E-state index is 12.4. The lowest BCUT2D eigenvalue weighted by atomic mass is 10.2. The molecule has 1 amide bonds. The Bertz CT molecular complexity index is 844. The second-order valence-electron chi connectivity index (χ2n) is 4.61. The van der Waals surface area contributed by atoms with E-state index < -0.39 is 0 Å². The number of fused-ring (bicyclic) bond motifs is 1. The molecule has 0 saturated carbocycles. The highest BCUT2D eigenvalue weighted by Gasteiger charge is 2.17. The molecule has 0 spiro atoms. The SMILES string of the molecule is Cc1ccc(Cl)cc1NC(=O)c1sc2cccnc2c1N. The van der Waals surface area contributed by atoms with Gasteiger partial charge >= 0.3 is 0 Å². The third-order valence-corrected chi connectivity index (χ3v) is 4.53. The summed E-state index contributed by atoms with van der Waals surface area (Å²) in [6.07, 6.45) is 1.66. The number of aryl methyl sites for hydroxylation is 1. The number of carbonyl (C=O) groups is 1. The van der Waals surface area contributed by atoms with Crippen molar-refractivity contribution in [1.29, 1.82) is 0 Å². The zero-order valence-corrected chi connectivity index (χ0v) is 12.8. The number of thiophene rings is 1. The van der Waals surface area contributed by atoms with Crippen LogP contribution in [0.3, 0.4) is 0 Å². The van der Waals surface area contributed by atoms with Crippen LogP contribution in [0.2, 0.25) is 5.02 Å². The number of pyridine rings is 1. The number of hydrogen-bond donors (Lipinski definition) is 2. The molecule has 0 aliphatic heterocycles. The van der Waals surface area contributed by atoms with E-state index in [-0.39, 0.29) is 5.91 Å². The van der Waals surface area contributed by atoms with Crippen LogP contribution in [-0.2, 0) is 0 Å². The molecule has 0 aliphatic rings. The lowest BCUT2D eigenvalue weighted by Gasteiger charge is -2.08. The van der Waals surface area contributed by atoms with Crippen molar-refractivity contribution in [3.8, 4) is 0 Å². The van der Waals surface area contributed by atoms with Crippen LogP contribution < -0.4 is 11.1 Å². The number of rotatable bonds is 2. The molecule has 6 heteroatoms. The Balaban J connectivity index is 1.97. The average Bonchev–Trinajstić information content (AvgIpc) is 2.81. The molecule has 0 fully saturated rings. The van der Waals surface area contributed by atoms with Gasteiger partial charge in [0.05, 0.1) is 10.4 Å². The molecule has 0 bridgehead atoms. The van der Waals surface area contributed by atoms with Crippen molar-refractivity contribution >= 4 is 50.4 Å². The normalized spacial score (nSPS) is 10.8. The van der Waals surface area contributed by atoms with Crippen molar-refractivity contribution in [3.05, 3.63) is 52.0 Å². The first-order chi connectivity index (χ1) is 10.1. The van der Waals surface area contributed by atoms with E-state index in [1.807, 2.05) is 25.1 Å². The van der Waals surface area contributed by atoms with Crippen LogP contribution in [0.5, 0.6) is 0 Å². The fourth-order valence-electron chi connectivity index (χ4n) is 2.02. The summed E-state index contributed by atoms with van der Waals surface area (Å²) in [7, 11) is 0. The maximum Gasteiger partial charge on any atom is 0.267 e. The number of hydrogen-bond acceptors (Lipinski definition) is 4. The average molecular weight is 318 g/mol.